The number of H-pyrrole nitrogens is 1. The molecule has 11 heteroatoms. The number of hydrogen-bond donors (Lipinski definition) is 6. The van der Waals surface area contributed by atoms with Crippen molar-refractivity contribution in [2.45, 2.75) is 43.0 Å². The molecule has 4 fully saturated rings. The molecular formula is C37H40N4O7. The highest BCUT2D eigenvalue weighted by atomic mass is 16.6. The fourth-order valence-corrected chi connectivity index (χ4v) is 7.71. The number of carbonyl (C=O) groups excluding carboxylic acids is 2. The molecule has 4 bridgehead atoms. The first kappa shape index (κ1) is 32.0. The molecule has 4 aliphatic rings. The molecule has 4 unspecified atom stereocenters. The SMILES string of the molecule is O=C(CCCCNC[C@H](O)c1ccc(O)c2[nH]c(=O)ccc12)Nc1cccc(C(O)(C(=O)O[C@]23CN4CCC2C3C4)c2ccccc2)c1. The van der Waals surface area contributed by atoms with Crippen LogP contribution in [-0.4, -0.2) is 75.4 Å². The van der Waals surface area contributed by atoms with Crippen molar-refractivity contribution >= 4 is 28.5 Å². The lowest BCUT2D eigenvalue weighted by Crippen LogP contribution is -2.45. The third-order valence-corrected chi connectivity index (χ3v) is 10.3. The van der Waals surface area contributed by atoms with Crippen LogP contribution in [0, 0.1) is 11.8 Å². The van der Waals surface area contributed by atoms with E-state index >= 15 is 0 Å². The van der Waals surface area contributed by atoms with E-state index in [9.17, 15) is 29.7 Å². The maximum Gasteiger partial charge on any atom is 0.348 e. The normalized spacial score (nSPS) is 24.1. The summed E-state index contributed by atoms with van der Waals surface area (Å²) in [7, 11) is 0. The number of anilines is 1. The number of piperidine rings is 3. The Labute approximate surface area is 277 Å². The average molecular weight is 653 g/mol. The van der Waals surface area contributed by atoms with Gasteiger partial charge in [-0.1, -0.05) is 48.5 Å². The highest BCUT2D eigenvalue weighted by Gasteiger charge is 2.74. The topological polar surface area (TPSA) is 164 Å². The number of rotatable bonds is 13. The molecule has 8 rings (SSSR count). The van der Waals surface area contributed by atoms with Crippen molar-refractivity contribution in [3.8, 4) is 5.75 Å². The molecule has 3 aliphatic heterocycles. The molecule has 1 saturated carbocycles. The van der Waals surface area contributed by atoms with Gasteiger partial charge in [-0.25, -0.2) is 4.79 Å². The molecule has 6 atom stereocenters. The highest BCUT2D eigenvalue weighted by Crippen LogP contribution is 2.63. The largest absolute Gasteiger partial charge is 0.506 e. The Bertz CT molecular complexity index is 1890. The number of nitrogens with one attached hydrogen (secondary N) is 3. The third-order valence-electron chi connectivity index (χ3n) is 10.3. The van der Waals surface area contributed by atoms with Gasteiger partial charge in [0.25, 0.3) is 0 Å². The predicted octanol–water partition coefficient (Wildman–Crippen LogP) is 3.15. The molecule has 4 heterocycles. The van der Waals surface area contributed by atoms with E-state index in [1.165, 1.54) is 12.1 Å². The first-order valence-corrected chi connectivity index (χ1v) is 16.6. The number of aliphatic hydroxyl groups excluding tert-OH is 1. The molecule has 3 aromatic carbocycles. The van der Waals surface area contributed by atoms with Crippen molar-refractivity contribution in [3.63, 3.8) is 0 Å². The van der Waals surface area contributed by atoms with Gasteiger partial charge in [0.1, 0.15) is 11.4 Å². The molecule has 1 aromatic heterocycles. The molecule has 0 spiro atoms. The van der Waals surface area contributed by atoms with E-state index in [0.717, 1.165) is 19.5 Å². The van der Waals surface area contributed by atoms with Gasteiger partial charge in [0, 0.05) is 60.6 Å². The summed E-state index contributed by atoms with van der Waals surface area (Å²) in [6, 6.07) is 21.5. The Balaban J connectivity index is 0.931. The number of pyridine rings is 1. The van der Waals surface area contributed by atoms with Crippen LogP contribution in [0.4, 0.5) is 5.69 Å². The van der Waals surface area contributed by atoms with Gasteiger partial charge in [-0.15, -0.1) is 0 Å². The Kier molecular flexibility index (Phi) is 8.55. The molecule has 1 amide bonds. The van der Waals surface area contributed by atoms with Crippen LogP contribution in [0.3, 0.4) is 0 Å². The van der Waals surface area contributed by atoms with Crippen molar-refractivity contribution < 1.29 is 29.6 Å². The number of benzene rings is 3. The van der Waals surface area contributed by atoms with Gasteiger partial charge in [-0.2, -0.15) is 0 Å². The zero-order valence-corrected chi connectivity index (χ0v) is 26.5. The summed E-state index contributed by atoms with van der Waals surface area (Å²) in [4.78, 5) is 43.3. The number of aliphatic hydroxyl groups is 2. The predicted molar refractivity (Wildman–Crippen MR) is 179 cm³/mol. The second-order valence-corrected chi connectivity index (χ2v) is 13.2. The van der Waals surface area contributed by atoms with Gasteiger partial charge < -0.3 is 35.7 Å². The molecular weight excluding hydrogens is 612 g/mol. The minimum Gasteiger partial charge on any atom is -0.506 e. The van der Waals surface area contributed by atoms with Crippen LogP contribution in [0.2, 0.25) is 0 Å². The number of aromatic hydroxyl groups is 1. The fourth-order valence-electron chi connectivity index (χ4n) is 7.71. The Morgan fingerprint density at radius 3 is 2.58 bits per heavy atom. The maximum atomic E-state index is 13.9. The number of unbranched alkanes of at least 4 members (excludes halogenated alkanes) is 1. The molecule has 1 aliphatic carbocycles. The third kappa shape index (κ3) is 5.87. The summed E-state index contributed by atoms with van der Waals surface area (Å²) in [5, 5.41) is 39.6. The number of amides is 1. The molecule has 11 nitrogen and oxygen atoms in total. The number of nitrogens with zero attached hydrogens (tertiary/aromatic N) is 1. The van der Waals surface area contributed by atoms with Gasteiger partial charge in [-0.05, 0) is 67.7 Å². The summed E-state index contributed by atoms with van der Waals surface area (Å²) in [6.07, 6.45) is 1.68. The molecule has 4 aromatic rings. The van der Waals surface area contributed by atoms with Crippen LogP contribution in [0.5, 0.6) is 5.75 Å². The fraction of sp³-hybridized carbons (Fsp3) is 0.378. The number of aromatic nitrogens is 1. The van der Waals surface area contributed by atoms with Crippen molar-refractivity contribution in [1.29, 1.82) is 0 Å². The zero-order valence-electron chi connectivity index (χ0n) is 26.5. The maximum absolute atomic E-state index is 13.9. The second-order valence-electron chi connectivity index (χ2n) is 13.2. The number of esters is 1. The summed E-state index contributed by atoms with van der Waals surface area (Å²) >= 11 is 0. The van der Waals surface area contributed by atoms with Crippen molar-refractivity contribution in [2.24, 2.45) is 11.8 Å². The van der Waals surface area contributed by atoms with Crippen molar-refractivity contribution in [1.82, 2.24) is 15.2 Å². The first-order valence-electron chi connectivity index (χ1n) is 16.6. The van der Waals surface area contributed by atoms with Gasteiger partial charge in [0.15, 0.2) is 0 Å². The number of carbonyl (C=O) groups is 2. The summed E-state index contributed by atoms with van der Waals surface area (Å²) in [5.41, 5.74) is -0.832. The van der Waals surface area contributed by atoms with Crippen LogP contribution in [0.15, 0.2) is 83.7 Å². The molecule has 48 heavy (non-hydrogen) atoms. The highest BCUT2D eigenvalue weighted by molar-refractivity contribution is 5.92. The van der Waals surface area contributed by atoms with E-state index in [2.05, 4.69) is 20.5 Å². The van der Waals surface area contributed by atoms with Gasteiger partial charge >= 0.3 is 5.97 Å². The van der Waals surface area contributed by atoms with E-state index in [-0.39, 0.29) is 35.7 Å². The first-order chi connectivity index (χ1) is 23.2. The summed E-state index contributed by atoms with van der Waals surface area (Å²) in [5.74, 6) is -0.275. The van der Waals surface area contributed by atoms with Crippen LogP contribution in [-0.2, 0) is 19.9 Å². The monoisotopic (exact) mass is 652 g/mol. The number of aromatic amines is 1. The summed E-state index contributed by atoms with van der Waals surface area (Å²) < 4.78 is 6.19. The van der Waals surface area contributed by atoms with Crippen molar-refractivity contribution in [3.05, 3.63) is 106 Å². The lowest BCUT2D eigenvalue weighted by molar-refractivity contribution is -0.172. The average Bonchev–Trinajstić information content (AvgIpc) is 3.59. The van der Waals surface area contributed by atoms with Crippen LogP contribution < -0.4 is 16.2 Å². The number of fused-ring (bicyclic) bond motifs is 2. The summed E-state index contributed by atoms with van der Waals surface area (Å²) in [6.45, 7) is 3.49. The smallest absolute Gasteiger partial charge is 0.348 e. The second kappa shape index (κ2) is 12.8. The van der Waals surface area contributed by atoms with E-state index < -0.39 is 23.3 Å². The molecule has 3 saturated heterocycles. The quantitative estimate of drug-likeness (QED) is 0.0941. The number of ether oxygens (including phenoxy) is 1. The number of phenolic OH excluding ortho intramolecular Hbond substituents is 1. The molecule has 250 valence electrons. The number of hydrogen-bond acceptors (Lipinski definition) is 9. The van der Waals surface area contributed by atoms with Crippen LogP contribution in [0.25, 0.3) is 10.9 Å². The lowest BCUT2D eigenvalue weighted by Gasteiger charge is -2.33. The van der Waals surface area contributed by atoms with E-state index in [1.807, 2.05) is 6.07 Å². The van der Waals surface area contributed by atoms with Gasteiger partial charge in [0.2, 0.25) is 17.1 Å². The van der Waals surface area contributed by atoms with E-state index in [0.29, 0.717) is 65.5 Å². The van der Waals surface area contributed by atoms with Crippen LogP contribution >= 0.6 is 0 Å². The Hall–Kier alpha value is -4.55. The van der Waals surface area contributed by atoms with E-state index in [4.69, 9.17) is 4.74 Å². The van der Waals surface area contributed by atoms with Crippen LogP contribution in [0.1, 0.15) is 48.5 Å². The standard InChI is InChI=1S/C37H40N4O7/c42-30-14-12-26(27-13-15-33(45)40-34(27)30)31(43)20-38-17-5-4-11-32(44)39-25-10-6-9-24(19-25)37(47,23-7-2-1-3-8-23)35(46)48-36-22-41-18-16-28(36)29(36)21-41/h1-3,6-10,12-15,19,28-29,31,38,42-43,47H,4-5,11,16-18,20-22H2,(H,39,44)(H,40,45)/t28?,29?,31-,36+,37?/m0/s1. The molecule has 0 radical (unpaired) electrons. The Morgan fingerprint density at radius 2 is 1.83 bits per heavy atom. The molecule has 6 N–H and O–H groups in total. The Morgan fingerprint density at radius 1 is 1.02 bits per heavy atom. The van der Waals surface area contributed by atoms with E-state index in [1.54, 1.807) is 60.7 Å². The zero-order chi connectivity index (χ0) is 33.5. The van der Waals surface area contributed by atoms with Crippen molar-refractivity contribution in [2.75, 3.05) is 38.0 Å². The minimum absolute atomic E-state index is 0.0636. The van der Waals surface area contributed by atoms with Gasteiger partial charge in [0.05, 0.1) is 11.6 Å². The van der Waals surface area contributed by atoms with Gasteiger partial charge in [-0.3, -0.25) is 14.5 Å². The number of phenols is 1. The minimum atomic E-state index is -2.04. The lowest BCUT2D eigenvalue weighted by atomic mass is 9.86.